The van der Waals surface area contributed by atoms with Crippen LogP contribution >= 0.6 is 0 Å². The fourth-order valence-corrected chi connectivity index (χ4v) is 5.08. The maximum atomic E-state index is 10.4. The van der Waals surface area contributed by atoms with Crippen molar-refractivity contribution in [3.05, 3.63) is 126 Å². The third-order valence-electron chi connectivity index (χ3n) is 7.47. The number of phenols is 1. The SMILES string of the molecule is CC(c1ccccc1)c1ccc(-c2cccc3oc(-c4ccccc4O)nc23)[c-]c1-c1ccc(C(C)(C)C)cn1.[Pt]. The summed E-state index contributed by atoms with van der Waals surface area (Å²) < 4.78 is 6.08. The quantitative estimate of drug-likeness (QED) is 0.181. The molecule has 4 nitrogen and oxygen atoms in total. The first kappa shape index (κ1) is 28.5. The topological polar surface area (TPSA) is 59.2 Å². The maximum absolute atomic E-state index is 10.4. The normalized spacial score (nSPS) is 12.2. The Kier molecular flexibility index (Phi) is 7.97. The Morgan fingerprint density at radius 1 is 0.805 bits per heavy atom. The van der Waals surface area contributed by atoms with E-state index in [1.807, 2.05) is 36.5 Å². The molecule has 0 aliphatic heterocycles. The van der Waals surface area contributed by atoms with Gasteiger partial charge in [-0.15, -0.1) is 29.3 Å². The number of oxazole rings is 1. The molecule has 0 saturated carbocycles. The third-order valence-corrected chi connectivity index (χ3v) is 7.47. The Hall–Kier alpha value is -4.01. The van der Waals surface area contributed by atoms with Crippen LogP contribution in [0.25, 0.3) is 44.9 Å². The summed E-state index contributed by atoms with van der Waals surface area (Å²) in [6, 6.07) is 35.7. The Bertz CT molecular complexity index is 1800. The van der Waals surface area contributed by atoms with E-state index in [4.69, 9.17) is 14.4 Å². The largest absolute Gasteiger partial charge is 0.507 e. The van der Waals surface area contributed by atoms with Crippen molar-refractivity contribution in [2.45, 2.75) is 39.0 Å². The number of fused-ring (bicyclic) bond motifs is 1. The summed E-state index contributed by atoms with van der Waals surface area (Å²) in [6.07, 6.45) is 1.98. The summed E-state index contributed by atoms with van der Waals surface area (Å²) >= 11 is 0. The zero-order chi connectivity index (χ0) is 27.9. The molecule has 1 N–H and O–H groups in total. The Morgan fingerprint density at radius 2 is 1.54 bits per heavy atom. The Balaban J connectivity index is 0.00000337. The van der Waals surface area contributed by atoms with Crippen LogP contribution in [-0.2, 0) is 26.5 Å². The van der Waals surface area contributed by atoms with Gasteiger partial charge in [-0.05, 0) is 40.7 Å². The van der Waals surface area contributed by atoms with E-state index in [9.17, 15) is 5.11 Å². The minimum absolute atomic E-state index is 0. The predicted octanol–water partition coefficient (Wildman–Crippen LogP) is 9.18. The number of hydrogen-bond donors (Lipinski definition) is 1. The molecule has 2 aromatic heterocycles. The van der Waals surface area contributed by atoms with E-state index < -0.39 is 0 Å². The monoisotopic (exact) mass is 718 g/mol. The van der Waals surface area contributed by atoms with E-state index in [0.717, 1.165) is 33.5 Å². The number of hydrogen-bond acceptors (Lipinski definition) is 4. The van der Waals surface area contributed by atoms with Gasteiger partial charge >= 0.3 is 0 Å². The van der Waals surface area contributed by atoms with Crippen LogP contribution in [0.3, 0.4) is 0 Å². The van der Waals surface area contributed by atoms with Gasteiger partial charge in [-0.3, -0.25) is 4.98 Å². The third kappa shape index (κ3) is 5.62. The molecule has 0 spiro atoms. The standard InChI is InChI=1S/C36H31N2O2.Pt/c1-23(24-11-6-5-7-12-24)27-19-17-25(21-30(27)31-20-18-26(22-37-31)36(2,3)4)28-14-10-16-33-34(28)38-35(40-33)29-13-8-9-15-32(29)39;/h5-20,22-23,39H,1-4H3;/q-1;. The number of rotatable bonds is 5. The van der Waals surface area contributed by atoms with Crippen molar-refractivity contribution < 1.29 is 30.6 Å². The number of phenolic OH excluding ortho intramolecular Hbond substituents is 1. The first-order valence-electron chi connectivity index (χ1n) is 13.6. The summed E-state index contributed by atoms with van der Waals surface area (Å²) in [5.74, 6) is 0.670. The van der Waals surface area contributed by atoms with Gasteiger partial charge in [0.15, 0.2) is 0 Å². The predicted molar refractivity (Wildman–Crippen MR) is 161 cm³/mol. The van der Waals surface area contributed by atoms with E-state index in [-0.39, 0.29) is 38.1 Å². The van der Waals surface area contributed by atoms with Crippen molar-refractivity contribution in [2.24, 2.45) is 0 Å². The van der Waals surface area contributed by atoms with Gasteiger partial charge in [-0.25, -0.2) is 4.98 Å². The van der Waals surface area contributed by atoms with Crippen molar-refractivity contribution in [1.82, 2.24) is 9.97 Å². The van der Waals surface area contributed by atoms with Gasteiger partial charge in [0.1, 0.15) is 11.3 Å². The number of nitrogens with zero attached hydrogens (tertiary/aromatic N) is 2. The molecule has 0 radical (unpaired) electrons. The summed E-state index contributed by atoms with van der Waals surface area (Å²) in [6.45, 7) is 8.81. The second-order valence-corrected chi connectivity index (χ2v) is 11.2. The van der Waals surface area contributed by atoms with Crippen LogP contribution in [0, 0.1) is 6.07 Å². The molecule has 0 fully saturated rings. The summed E-state index contributed by atoms with van der Waals surface area (Å²) in [5, 5.41) is 10.4. The number of aromatic hydroxyl groups is 1. The van der Waals surface area contributed by atoms with Crippen molar-refractivity contribution in [2.75, 3.05) is 0 Å². The van der Waals surface area contributed by atoms with Crippen molar-refractivity contribution in [3.63, 3.8) is 0 Å². The van der Waals surface area contributed by atoms with Gasteiger partial charge in [-0.1, -0.05) is 106 Å². The molecule has 5 heteroatoms. The van der Waals surface area contributed by atoms with Gasteiger partial charge in [-0.2, -0.15) is 0 Å². The van der Waals surface area contributed by atoms with Crippen LogP contribution < -0.4 is 0 Å². The molecule has 4 aromatic carbocycles. The molecule has 6 rings (SSSR count). The average molecular weight is 719 g/mol. The second-order valence-electron chi connectivity index (χ2n) is 11.2. The minimum atomic E-state index is 0. The molecule has 6 aromatic rings. The van der Waals surface area contributed by atoms with Gasteiger partial charge in [0, 0.05) is 33.0 Å². The molecule has 41 heavy (non-hydrogen) atoms. The first-order valence-corrected chi connectivity index (χ1v) is 13.6. The van der Waals surface area contributed by atoms with Crippen LogP contribution in [0.1, 0.15) is 50.3 Å². The van der Waals surface area contributed by atoms with Crippen molar-refractivity contribution in [1.29, 1.82) is 0 Å². The second kappa shape index (κ2) is 11.5. The number of para-hydroxylation sites is 2. The van der Waals surface area contributed by atoms with E-state index in [1.54, 1.807) is 18.2 Å². The molecular formula is C36H31N2O2Pt-. The van der Waals surface area contributed by atoms with Crippen LogP contribution in [0.4, 0.5) is 0 Å². The molecule has 0 aliphatic carbocycles. The molecule has 0 bridgehead atoms. The van der Waals surface area contributed by atoms with Gasteiger partial charge in [0.2, 0.25) is 5.89 Å². The van der Waals surface area contributed by atoms with E-state index in [0.29, 0.717) is 17.0 Å². The molecule has 1 unspecified atom stereocenters. The summed E-state index contributed by atoms with van der Waals surface area (Å²) in [5.41, 5.74) is 9.21. The fourth-order valence-electron chi connectivity index (χ4n) is 5.08. The molecule has 1 atom stereocenters. The van der Waals surface area contributed by atoms with Crippen LogP contribution in [-0.4, -0.2) is 15.1 Å². The number of benzene rings is 4. The molecule has 0 saturated heterocycles. The smallest absolute Gasteiger partial charge is 0.230 e. The van der Waals surface area contributed by atoms with Crippen molar-refractivity contribution >= 4 is 11.1 Å². The average Bonchev–Trinajstić information content (AvgIpc) is 3.41. The first-order chi connectivity index (χ1) is 19.3. The summed E-state index contributed by atoms with van der Waals surface area (Å²) in [7, 11) is 0. The minimum Gasteiger partial charge on any atom is -0.507 e. The Labute approximate surface area is 255 Å². The molecular weight excluding hydrogens is 687 g/mol. The fraction of sp³-hybridized carbons (Fsp3) is 0.167. The van der Waals surface area contributed by atoms with Crippen LogP contribution in [0.15, 0.2) is 108 Å². The molecule has 2 heterocycles. The van der Waals surface area contributed by atoms with Gasteiger partial charge in [0.05, 0.1) is 11.1 Å². The van der Waals surface area contributed by atoms with Gasteiger partial charge in [0.25, 0.3) is 0 Å². The summed E-state index contributed by atoms with van der Waals surface area (Å²) in [4.78, 5) is 9.71. The zero-order valence-electron chi connectivity index (χ0n) is 23.5. The molecule has 208 valence electrons. The van der Waals surface area contributed by atoms with E-state index in [2.05, 4.69) is 82.3 Å². The maximum Gasteiger partial charge on any atom is 0.230 e. The Morgan fingerprint density at radius 3 is 2.24 bits per heavy atom. The number of aromatic nitrogens is 2. The van der Waals surface area contributed by atoms with Gasteiger partial charge < -0.3 is 9.52 Å². The van der Waals surface area contributed by atoms with Crippen molar-refractivity contribution in [3.8, 4) is 39.6 Å². The van der Waals surface area contributed by atoms with Crippen LogP contribution in [0.5, 0.6) is 5.75 Å². The molecule has 0 amide bonds. The zero-order valence-corrected chi connectivity index (χ0v) is 25.7. The van der Waals surface area contributed by atoms with E-state index >= 15 is 0 Å². The van der Waals surface area contributed by atoms with Crippen LogP contribution in [0.2, 0.25) is 0 Å². The molecule has 0 aliphatic rings. The number of pyridine rings is 1. The van der Waals surface area contributed by atoms with E-state index in [1.165, 1.54) is 11.1 Å².